The van der Waals surface area contributed by atoms with Gasteiger partial charge in [-0.1, -0.05) is 0 Å². The highest BCUT2D eigenvalue weighted by Gasteiger charge is 2.20. The van der Waals surface area contributed by atoms with E-state index in [1.807, 2.05) is 30.5 Å². The third kappa shape index (κ3) is 1.86. The number of nitrogens with zero attached hydrogens (tertiary/aromatic N) is 3. The standard InChI is InChI=1S/C11H16N4O/c1-11(2,16-3)7-15-9-8(14-10(15)12)5-4-6-13-9/h4-6H,7H2,1-3H3,(H2,12,14). The predicted octanol–water partition coefficient (Wildman–Crippen LogP) is 1.44. The molecule has 0 unspecified atom stereocenters. The fraction of sp³-hybridized carbons (Fsp3) is 0.455. The number of aromatic nitrogens is 3. The Hall–Kier alpha value is -1.62. The van der Waals surface area contributed by atoms with Gasteiger partial charge < -0.3 is 10.5 Å². The second-order valence-corrected chi connectivity index (χ2v) is 4.37. The molecule has 5 nitrogen and oxygen atoms in total. The van der Waals surface area contributed by atoms with E-state index in [9.17, 15) is 0 Å². The van der Waals surface area contributed by atoms with Gasteiger partial charge in [0.2, 0.25) is 5.95 Å². The molecule has 5 heteroatoms. The molecule has 0 bridgehead atoms. The van der Waals surface area contributed by atoms with Crippen LogP contribution in [0.25, 0.3) is 11.2 Å². The van der Waals surface area contributed by atoms with Gasteiger partial charge >= 0.3 is 0 Å². The number of hydrogen-bond acceptors (Lipinski definition) is 4. The van der Waals surface area contributed by atoms with E-state index in [-0.39, 0.29) is 5.60 Å². The summed E-state index contributed by atoms with van der Waals surface area (Å²) in [4.78, 5) is 8.54. The molecule has 0 radical (unpaired) electrons. The van der Waals surface area contributed by atoms with Crippen LogP contribution in [0.5, 0.6) is 0 Å². The molecular formula is C11H16N4O. The lowest BCUT2D eigenvalue weighted by molar-refractivity contribution is 0.00936. The quantitative estimate of drug-likeness (QED) is 0.850. The molecule has 0 aliphatic heterocycles. The third-order valence-corrected chi connectivity index (χ3v) is 2.62. The zero-order valence-corrected chi connectivity index (χ0v) is 9.77. The fourth-order valence-corrected chi connectivity index (χ4v) is 1.58. The molecule has 0 saturated carbocycles. The van der Waals surface area contributed by atoms with Crippen molar-refractivity contribution < 1.29 is 4.74 Å². The van der Waals surface area contributed by atoms with Crippen LogP contribution in [0.2, 0.25) is 0 Å². The molecule has 86 valence electrons. The third-order valence-electron chi connectivity index (χ3n) is 2.62. The predicted molar refractivity (Wildman–Crippen MR) is 63.0 cm³/mol. The number of rotatable bonds is 3. The number of methoxy groups -OCH3 is 1. The van der Waals surface area contributed by atoms with Crippen molar-refractivity contribution in [2.75, 3.05) is 12.8 Å². The second-order valence-electron chi connectivity index (χ2n) is 4.37. The van der Waals surface area contributed by atoms with Gasteiger partial charge in [0, 0.05) is 13.3 Å². The monoisotopic (exact) mass is 220 g/mol. The van der Waals surface area contributed by atoms with E-state index in [2.05, 4.69) is 9.97 Å². The van der Waals surface area contributed by atoms with Gasteiger partial charge in [0.15, 0.2) is 5.65 Å². The van der Waals surface area contributed by atoms with Crippen molar-refractivity contribution in [3.05, 3.63) is 18.3 Å². The molecule has 2 rings (SSSR count). The number of ether oxygens (including phenoxy) is 1. The molecule has 0 spiro atoms. The maximum atomic E-state index is 5.87. The molecule has 2 heterocycles. The fourth-order valence-electron chi connectivity index (χ4n) is 1.58. The first-order valence-electron chi connectivity index (χ1n) is 5.15. The van der Waals surface area contributed by atoms with Crippen LogP contribution in [0.4, 0.5) is 5.95 Å². The Kier molecular flexibility index (Phi) is 2.55. The number of fused-ring (bicyclic) bond motifs is 1. The normalized spacial score (nSPS) is 12.2. The van der Waals surface area contributed by atoms with E-state index >= 15 is 0 Å². The summed E-state index contributed by atoms with van der Waals surface area (Å²) in [5.41, 5.74) is 7.19. The maximum absolute atomic E-state index is 5.87. The minimum absolute atomic E-state index is 0.292. The minimum atomic E-state index is -0.292. The highest BCUT2D eigenvalue weighted by Crippen LogP contribution is 2.19. The lowest BCUT2D eigenvalue weighted by atomic mass is 10.1. The number of imidazole rings is 1. The van der Waals surface area contributed by atoms with Gasteiger partial charge in [0.1, 0.15) is 5.52 Å². The Labute approximate surface area is 94.2 Å². The van der Waals surface area contributed by atoms with Gasteiger partial charge in [-0.25, -0.2) is 9.97 Å². The molecular weight excluding hydrogens is 204 g/mol. The number of nitrogens with two attached hydrogens (primary N) is 1. The van der Waals surface area contributed by atoms with Crippen molar-refractivity contribution in [3.63, 3.8) is 0 Å². The number of nitrogen functional groups attached to an aromatic ring is 1. The molecule has 0 amide bonds. The van der Waals surface area contributed by atoms with Crippen molar-refractivity contribution in [1.29, 1.82) is 0 Å². The summed E-state index contributed by atoms with van der Waals surface area (Å²) < 4.78 is 7.26. The summed E-state index contributed by atoms with van der Waals surface area (Å²) in [6.45, 7) is 4.63. The first kappa shape index (κ1) is 10.9. The Bertz CT molecular complexity index is 504. The maximum Gasteiger partial charge on any atom is 0.202 e. The van der Waals surface area contributed by atoms with Gasteiger partial charge in [0.05, 0.1) is 12.1 Å². The van der Waals surface area contributed by atoms with E-state index in [1.165, 1.54) is 0 Å². The van der Waals surface area contributed by atoms with Gasteiger partial charge in [-0.15, -0.1) is 0 Å². The van der Waals surface area contributed by atoms with Crippen LogP contribution in [0.1, 0.15) is 13.8 Å². The van der Waals surface area contributed by atoms with E-state index in [0.29, 0.717) is 12.5 Å². The first-order valence-corrected chi connectivity index (χ1v) is 5.15. The van der Waals surface area contributed by atoms with Crippen molar-refractivity contribution >= 4 is 17.1 Å². The molecule has 16 heavy (non-hydrogen) atoms. The summed E-state index contributed by atoms with van der Waals surface area (Å²) in [5, 5.41) is 0. The molecule has 0 aliphatic rings. The number of pyridine rings is 1. The molecule has 0 atom stereocenters. The van der Waals surface area contributed by atoms with E-state index in [1.54, 1.807) is 13.3 Å². The van der Waals surface area contributed by atoms with Gasteiger partial charge in [-0.2, -0.15) is 0 Å². The minimum Gasteiger partial charge on any atom is -0.377 e. The topological polar surface area (TPSA) is 66.0 Å². The number of anilines is 1. The van der Waals surface area contributed by atoms with Crippen LogP contribution in [0.15, 0.2) is 18.3 Å². The summed E-state index contributed by atoms with van der Waals surface area (Å²) in [6.07, 6.45) is 1.74. The van der Waals surface area contributed by atoms with Gasteiger partial charge in [-0.3, -0.25) is 4.57 Å². The second kappa shape index (κ2) is 3.75. The van der Waals surface area contributed by atoms with E-state index < -0.39 is 0 Å². The van der Waals surface area contributed by atoms with Crippen molar-refractivity contribution in [2.45, 2.75) is 26.0 Å². The zero-order chi connectivity index (χ0) is 11.8. The first-order chi connectivity index (χ1) is 7.53. The van der Waals surface area contributed by atoms with Crippen molar-refractivity contribution in [2.24, 2.45) is 0 Å². The summed E-state index contributed by atoms with van der Waals surface area (Å²) >= 11 is 0. The number of hydrogen-bond donors (Lipinski definition) is 1. The van der Waals surface area contributed by atoms with Crippen LogP contribution in [-0.4, -0.2) is 27.2 Å². The average Bonchev–Trinajstić information content (AvgIpc) is 2.56. The summed E-state index contributed by atoms with van der Waals surface area (Å²) in [6, 6.07) is 3.75. The lowest BCUT2D eigenvalue weighted by Gasteiger charge is -2.23. The molecule has 2 aromatic rings. The molecule has 0 aliphatic carbocycles. The average molecular weight is 220 g/mol. The van der Waals surface area contributed by atoms with Crippen LogP contribution in [0, 0.1) is 0 Å². The Balaban J connectivity index is 2.47. The van der Waals surface area contributed by atoms with E-state index in [0.717, 1.165) is 11.2 Å². The van der Waals surface area contributed by atoms with Crippen LogP contribution in [-0.2, 0) is 11.3 Å². The Morgan fingerprint density at radius 3 is 2.94 bits per heavy atom. The van der Waals surface area contributed by atoms with E-state index in [4.69, 9.17) is 10.5 Å². The van der Waals surface area contributed by atoms with Crippen LogP contribution < -0.4 is 5.73 Å². The zero-order valence-electron chi connectivity index (χ0n) is 9.77. The molecule has 2 N–H and O–H groups in total. The Morgan fingerprint density at radius 1 is 1.50 bits per heavy atom. The molecule has 0 saturated heterocycles. The SMILES string of the molecule is COC(C)(C)Cn1c(N)nc2cccnc21. The van der Waals surface area contributed by atoms with Crippen molar-refractivity contribution in [3.8, 4) is 0 Å². The summed E-state index contributed by atoms with van der Waals surface area (Å²) in [7, 11) is 1.68. The van der Waals surface area contributed by atoms with Gasteiger partial charge in [0.25, 0.3) is 0 Å². The molecule has 2 aromatic heterocycles. The van der Waals surface area contributed by atoms with Crippen LogP contribution >= 0.6 is 0 Å². The molecule has 0 fully saturated rings. The highest BCUT2D eigenvalue weighted by molar-refractivity contribution is 5.73. The largest absolute Gasteiger partial charge is 0.377 e. The summed E-state index contributed by atoms with van der Waals surface area (Å²) in [5.74, 6) is 0.471. The lowest BCUT2D eigenvalue weighted by Crippen LogP contribution is -2.29. The van der Waals surface area contributed by atoms with Crippen LogP contribution in [0.3, 0.4) is 0 Å². The smallest absolute Gasteiger partial charge is 0.202 e. The van der Waals surface area contributed by atoms with Gasteiger partial charge in [-0.05, 0) is 26.0 Å². The Morgan fingerprint density at radius 2 is 2.25 bits per heavy atom. The molecule has 0 aromatic carbocycles. The highest BCUT2D eigenvalue weighted by atomic mass is 16.5. The van der Waals surface area contributed by atoms with Crippen molar-refractivity contribution in [1.82, 2.24) is 14.5 Å².